The van der Waals surface area contributed by atoms with Crippen LogP contribution in [0.3, 0.4) is 0 Å². The molecule has 1 atom stereocenters. The minimum atomic E-state index is -4.92. The van der Waals surface area contributed by atoms with Crippen molar-refractivity contribution >= 4 is 0 Å². The maximum absolute atomic E-state index is 13.4. The highest BCUT2D eigenvalue weighted by molar-refractivity contribution is 5.33. The van der Waals surface area contributed by atoms with E-state index < -0.39 is 24.2 Å². The third-order valence-corrected chi connectivity index (χ3v) is 2.53. The first-order valence-corrected chi connectivity index (χ1v) is 5.77. The van der Waals surface area contributed by atoms with E-state index in [0.29, 0.717) is 13.0 Å². The van der Waals surface area contributed by atoms with Gasteiger partial charge in [-0.15, -0.1) is 13.2 Å². The molecule has 19 heavy (non-hydrogen) atoms. The van der Waals surface area contributed by atoms with Crippen LogP contribution >= 0.6 is 0 Å². The minimum Gasteiger partial charge on any atom is -0.465 e. The molecule has 0 aliphatic carbocycles. The van der Waals surface area contributed by atoms with Crippen molar-refractivity contribution in [1.82, 2.24) is 0 Å². The van der Waals surface area contributed by atoms with E-state index in [1.165, 1.54) is 6.07 Å². The van der Waals surface area contributed by atoms with Gasteiger partial charge >= 0.3 is 6.36 Å². The molecule has 1 saturated heterocycles. The van der Waals surface area contributed by atoms with Crippen molar-refractivity contribution in [2.24, 2.45) is 0 Å². The van der Waals surface area contributed by atoms with Crippen LogP contribution in [0.1, 0.15) is 19.3 Å². The lowest BCUT2D eigenvalue weighted by atomic mass is 10.2. The standard InChI is InChI=1S/C12H12F4O3/c13-9-7-8(18-11-3-1-2-6-17-11)4-5-10(9)19-12(14,15)16/h4-5,7,11H,1-3,6H2. The Hall–Kier alpha value is -1.50. The molecule has 1 unspecified atom stereocenters. The predicted octanol–water partition coefficient (Wildman–Crippen LogP) is 3.63. The maximum Gasteiger partial charge on any atom is 0.573 e. The van der Waals surface area contributed by atoms with Gasteiger partial charge in [-0.2, -0.15) is 0 Å². The van der Waals surface area contributed by atoms with Crippen LogP contribution in [0.25, 0.3) is 0 Å². The number of benzene rings is 1. The van der Waals surface area contributed by atoms with Crippen molar-refractivity contribution in [2.75, 3.05) is 6.61 Å². The van der Waals surface area contributed by atoms with Crippen LogP contribution in [-0.2, 0) is 4.74 Å². The molecule has 1 fully saturated rings. The molecule has 0 aromatic heterocycles. The van der Waals surface area contributed by atoms with Gasteiger partial charge in [0.25, 0.3) is 0 Å². The summed E-state index contributed by atoms with van der Waals surface area (Å²) in [5, 5.41) is 0. The smallest absolute Gasteiger partial charge is 0.465 e. The molecule has 3 nitrogen and oxygen atoms in total. The largest absolute Gasteiger partial charge is 0.573 e. The summed E-state index contributed by atoms with van der Waals surface area (Å²) in [6.45, 7) is 0.558. The zero-order valence-corrected chi connectivity index (χ0v) is 9.87. The molecule has 1 aromatic rings. The molecule has 1 aromatic carbocycles. The summed E-state index contributed by atoms with van der Waals surface area (Å²) in [6, 6.07) is 2.93. The number of halogens is 4. The van der Waals surface area contributed by atoms with Gasteiger partial charge in [0, 0.05) is 12.5 Å². The Morgan fingerprint density at radius 1 is 1.21 bits per heavy atom. The van der Waals surface area contributed by atoms with Crippen LogP contribution in [0.15, 0.2) is 18.2 Å². The predicted molar refractivity (Wildman–Crippen MR) is 57.3 cm³/mol. The second-order valence-electron chi connectivity index (χ2n) is 4.05. The zero-order valence-electron chi connectivity index (χ0n) is 9.87. The molecule has 1 heterocycles. The molecule has 1 aliphatic rings. The van der Waals surface area contributed by atoms with E-state index in [1.54, 1.807) is 0 Å². The first-order chi connectivity index (χ1) is 8.94. The van der Waals surface area contributed by atoms with Gasteiger partial charge in [0.2, 0.25) is 0 Å². The third kappa shape index (κ3) is 4.27. The summed E-state index contributed by atoms with van der Waals surface area (Å²) < 4.78 is 63.4. The highest BCUT2D eigenvalue weighted by Crippen LogP contribution is 2.29. The Morgan fingerprint density at radius 2 is 2.00 bits per heavy atom. The fourth-order valence-corrected chi connectivity index (χ4v) is 1.72. The number of hydrogen-bond donors (Lipinski definition) is 0. The second kappa shape index (κ2) is 5.64. The van der Waals surface area contributed by atoms with E-state index in [0.717, 1.165) is 25.0 Å². The number of hydrogen-bond acceptors (Lipinski definition) is 3. The molecule has 106 valence electrons. The first kappa shape index (κ1) is 13.9. The maximum atomic E-state index is 13.4. The fourth-order valence-electron chi connectivity index (χ4n) is 1.72. The fraction of sp³-hybridized carbons (Fsp3) is 0.500. The van der Waals surface area contributed by atoms with Crippen LogP contribution in [0, 0.1) is 5.82 Å². The van der Waals surface area contributed by atoms with Crippen molar-refractivity contribution < 1.29 is 31.8 Å². The van der Waals surface area contributed by atoms with Gasteiger partial charge in [-0.1, -0.05) is 0 Å². The monoisotopic (exact) mass is 280 g/mol. The molecule has 0 radical (unpaired) electrons. The Balaban J connectivity index is 2.01. The SMILES string of the molecule is Fc1cc(OC2CCCCO2)ccc1OC(F)(F)F. The van der Waals surface area contributed by atoms with Crippen LogP contribution in [-0.4, -0.2) is 19.3 Å². The topological polar surface area (TPSA) is 27.7 Å². The summed E-state index contributed by atoms with van der Waals surface area (Å²) in [4.78, 5) is 0. The van der Waals surface area contributed by atoms with Gasteiger partial charge in [0.15, 0.2) is 17.9 Å². The summed E-state index contributed by atoms with van der Waals surface area (Å²) in [6.07, 6.45) is -2.87. The second-order valence-corrected chi connectivity index (χ2v) is 4.05. The van der Waals surface area contributed by atoms with Gasteiger partial charge in [-0.05, 0) is 25.0 Å². The lowest BCUT2D eigenvalue weighted by molar-refractivity contribution is -0.275. The quantitative estimate of drug-likeness (QED) is 0.791. The van der Waals surface area contributed by atoms with Gasteiger partial charge in [0.1, 0.15) is 5.75 Å². The van der Waals surface area contributed by atoms with E-state index in [4.69, 9.17) is 9.47 Å². The molecular formula is C12H12F4O3. The van der Waals surface area contributed by atoms with Crippen LogP contribution in [0.2, 0.25) is 0 Å². The van der Waals surface area contributed by atoms with Crippen molar-refractivity contribution in [1.29, 1.82) is 0 Å². The average Bonchev–Trinajstić information content (AvgIpc) is 2.33. The Morgan fingerprint density at radius 3 is 2.58 bits per heavy atom. The van der Waals surface area contributed by atoms with E-state index in [-0.39, 0.29) is 5.75 Å². The normalized spacial score (nSPS) is 20.1. The molecule has 1 aliphatic heterocycles. The Bertz CT molecular complexity index is 427. The van der Waals surface area contributed by atoms with Crippen molar-refractivity contribution in [3.05, 3.63) is 24.0 Å². The highest BCUT2D eigenvalue weighted by atomic mass is 19.4. The number of ether oxygens (including phenoxy) is 3. The van der Waals surface area contributed by atoms with Crippen molar-refractivity contribution in [3.63, 3.8) is 0 Å². The number of alkyl halides is 3. The van der Waals surface area contributed by atoms with E-state index in [1.807, 2.05) is 0 Å². The summed E-state index contributed by atoms with van der Waals surface area (Å²) in [5.74, 6) is -1.91. The van der Waals surface area contributed by atoms with Gasteiger partial charge < -0.3 is 14.2 Å². The summed E-state index contributed by atoms with van der Waals surface area (Å²) in [5.41, 5.74) is 0. The lowest BCUT2D eigenvalue weighted by Gasteiger charge is -2.23. The van der Waals surface area contributed by atoms with Crippen LogP contribution in [0.5, 0.6) is 11.5 Å². The third-order valence-electron chi connectivity index (χ3n) is 2.53. The molecule has 0 spiro atoms. The lowest BCUT2D eigenvalue weighted by Crippen LogP contribution is -2.25. The average molecular weight is 280 g/mol. The molecule has 0 N–H and O–H groups in total. The molecule has 7 heteroatoms. The van der Waals surface area contributed by atoms with Crippen molar-refractivity contribution in [2.45, 2.75) is 31.9 Å². The summed E-state index contributed by atoms with van der Waals surface area (Å²) in [7, 11) is 0. The van der Waals surface area contributed by atoms with Crippen LogP contribution < -0.4 is 9.47 Å². The van der Waals surface area contributed by atoms with Gasteiger partial charge in [-0.25, -0.2) is 4.39 Å². The summed E-state index contributed by atoms with van der Waals surface area (Å²) >= 11 is 0. The Kier molecular flexibility index (Phi) is 4.14. The highest BCUT2D eigenvalue weighted by Gasteiger charge is 2.32. The molecule has 0 amide bonds. The van der Waals surface area contributed by atoms with Crippen molar-refractivity contribution in [3.8, 4) is 11.5 Å². The van der Waals surface area contributed by atoms with E-state index >= 15 is 0 Å². The zero-order chi connectivity index (χ0) is 13.9. The molecule has 2 rings (SSSR count). The Labute approximate surface area is 107 Å². The van der Waals surface area contributed by atoms with Crippen LogP contribution in [0.4, 0.5) is 17.6 Å². The molecular weight excluding hydrogens is 268 g/mol. The minimum absolute atomic E-state index is 0.110. The molecule has 0 bridgehead atoms. The van der Waals surface area contributed by atoms with Gasteiger partial charge in [-0.3, -0.25) is 0 Å². The van der Waals surface area contributed by atoms with E-state index in [9.17, 15) is 17.6 Å². The van der Waals surface area contributed by atoms with E-state index in [2.05, 4.69) is 4.74 Å². The van der Waals surface area contributed by atoms with Gasteiger partial charge in [0.05, 0.1) is 6.61 Å². The number of rotatable bonds is 3. The first-order valence-electron chi connectivity index (χ1n) is 5.77. The molecule has 0 saturated carbocycles.